The van der Waals surface area contributed by atoms with Crippen molar-refractivity contribution >= 4 is 93.2 Å². The van der Waals surface area contributed by atoms with Crippen LogP contribution in [0.1, 0.15) is 33.5 Å². The number of benzene rings is 3. The number of nitrogens with two attached hydrogens (primary N) is 2. The Labute approximate surface area is 257 Å². The Morgan fingerprint density at radius 1 is 1.02 bits per heavy atom. The number of nitrogen functional groups attached to an aromatic ring is 1. The summed E-state index contributed by atoms with van der Waals surface area (Å²) in [5.41, 5.74) is 13.1. The number of H-pyrrole nitrogens is 1. The summed E-state index contributed by atoms with van der Waals surface area (Å²) in [7, 11) is 0. The number of rotatable bonds is 2. The van der Waals surface area contributed by atoms with E-state index in [0.29, 0.717) is 27.3 Å². The van der Waals surface area contributed by atoms with Gasteiger partial charge in [-0.3, -0.25) is 4.79 Å². The molecule has 0 saturated carbocycles. The van der Waals surface area contributed by atoms with Gasteiger partial charge >= 0.3 is 5.97 Å². The van der Waals surface area contributed by atoms with E-state index in [1.54, 1.807) is 25.1 Å². The zero-order valence-corrected chi connectivity index (χ0v) is 26.2. The Bertz CT molecular complexity index is 1490. The van der Waals surface area contributed by atoms with Gasteiger partial charge in [-0.2, -0.15) is 0 Å². The predicted octanol–water partition coefficient (Wildman–Crippen LogP) is 8.15. The zero-order chi connectivity index (χ0) is 29.2. The Kier molecular flexibility index (Phi) is 12.2. The molecule has 3 heterocycles. The van der Waals surface area contributed by atoms with Gasteiger partial charge in [-0.25, -0.2) is 4.79 Å². The van der Waals surface area contributed by atoms with Crippen LogP contribution in [0, 0.1) is 0 Å². The molecule has 1 saturated heterocycles. The fourth-order valence-electron chi connectivity index (χ4n) is 3.43. The Morgan fingerprint density at radius 3 is 2.23 bits per heavy atom. The maximum Gasteiger partial charge on any atom is 0.345 e. The minimum atomic E-state index is -0.864. The van der Waals surface area contributed by atoms with E-state index in [2.05, 4.69) is 36.8 Å². The number of carboxylic acid groups (broad SMARTS) is 1. The van der Waals surface area contributed by atoms with Crippen LogP contribution in [0.3, 0.4) is 0 Å². The molecule has 6 N–H and O–H groups in total. The van der Waals surface area contributed by atoms with Crippen LogP contribution in [0.4, 0.5) is 5.69 Å². The molecular weight excluding hydrogens is 682 g/mol. The average molecular weight is 710 g/mol. The second-order valence-electron chi connectivity index (χ2n) is 8.71. The largest absolute Gasteiger partial charge is 0.477 e. The summed E-state index contributed by atoms with van der Waals surface area (Å²) in [6, 6.07) is 22.7. The van der Waals surface area contributed by atoms with E-state index >= 15 is 0 Å². The number of fused-ring (bicyclic) bond motifs is 2. The lowest BCUT2D eigenvalue weighted by molar-refractivity contribution is 0.0702. The molecule has 11 heteroatoms. The monoisotopic (exact) mass is 707 g/mol. The highest BCUT2D eigenvalue weighted by atomic mass is 79.9. The van der Waals surface area contributed by atoms with E-state index in [9.17, 15) is 9.59 Å². The number of para-hydroxylation sites is 1. The third-order valence-electron chi connectivity index (χ3n) is 5.53. The van der Waals surface area contributed by atoms with E-state index < -0.39 is 5.97 Å². The highest BCUT2D eigenvalue weighted by Crippen LogP contribution is 2.28. The Morgan fingerprint density at radius 2 is 1.70 bits per heavy atom. The van der Waals surface area contributed by atoms with Gasteiger partial charge in [0, 0.05) is 44.1 Å². The van der Waals surface area contributed by atoms with Crippen LogP contribution in [-0.4, -0.2) is 41.1 Å². The van der Waals surface area contributed by atoms with Crippen molar-refractivity contribution in [1.29, 1.82) is 0 Å². The van der Waals surface area contributed by atoms with Crippen LogP contribution >= 0.6 is 54.8 Å². The van der Waals surface area contributed by atoms with Crippen molar-refractivity contribution in [2.75, 3.05) is 18.9 Å². The molecule has 1 aliphatic rings. The van der Waals surface area contributed by atoms with Gasteiger partial charge in [0.15, 0.2) is 5.78 Å². The molecule has 0 amide bonds. The lowest BCUT2D eigenvalue weighted by Gasteiger charge is -1.91. The summed E-state index contributed by atoms with van der Waals surface area (Å²) in [5.74, 6) is -0.801. The van der Waals surface area contributed by atoms with Crippen molar-refractivity contribution in [3.8, 4) is 0 Å². The topological polar surface area (TPSA) is 131 Å². The molecule has 0 radical (unpaired) electrons. The quantitative estimate of drug-likeness (QED) is 0.108. The molecule has 40 heavy (non-hydrogen) atoms. The lowest BCUT2D eigenvalue weighted by Crippen LogP contribution is -2.18. The molecule has 210 valence electrons. The molecule has 6 rings (SSSR count). The molecule has 0 aliphatic carbocycles. The number of ether oxygens (including phenoxy) is 1. The fourth-order valence-corrected chi connectivity index (χ4v) is 5.38. The number of nitrogens with one attached hydrogen (secondary N) is 1. The predicted molar refractivity (Wildman–Crippen MR) is 172 cm³/mol. The van der Waals surface area contributed by atoms with Crippen molar-refractivity contribution < 1.29 is 19.4 Å². The van der Waals surface area contributed by atoms with Gasteiger partial charge in [0.1, 0.15) is 4.88 Å². The molecule has 3 aromatic carbocycles. The number of carbonyl (C=O) groups excluding carboxylic acids is 1. The minimum absolute atomic E-state index is 0.0623. The van der Waals surface area contributed by atoms with Gasteiger partial charge < -0.3 is 26.3 Å². The molecule has 1 fully saturated rings. The Balaban J connectivity index is 0.000000154. The molecule has 1 unspecified atom stereocenters. The Hall–Kier alpha value is -2.73. The average Bonchev–Trinajstić information content (AvgIpc) is 3.66. The molecular formula is C29H28Br2ClN3O4S. The number of hydrogen-bond donors (Lipinski definition) is 4. The molecule has 7 nitrogen and oxygen atoms in total. The summed E-state index contributed by atoms with van der Waals surface area (Å²) in [4.78, 5) is 25.1. The second kappa shape index (κ2) is 15.3. The summed E-state index contributed by atoms with van der Waals surface area (Å²) in [6.45, 7) is 3.18. The van der Waals surface area contributed by atoms with E-state index in [4.69, 9.17) is 32.9 Å². The molecule has 0 bridgehead atoms. The van der Waals surface area contributed by atoms with Crippen LogP contribution in [0.15, 0.2) is 81.7 Å². The first-order valence-corrected chi connectivity index (χ1v) is 14.9. The second-order valence-corrected chi connectivity index (χ2v) is 12.0. The summed E-state index contributed by atoms with van der Waals surface area (Å²) in [6.07, 6.45) is 1.04. The highest BCUT2D eigenvalue weighted by Gasteiger charge is 2.09. The number of Topliss-reactive ketones (excluding diaryl/α,β-unsaturated/α-hetero) is 1. The van der Waals surface area contributed by atoms with E-state index in [-0.39, 0.29) is 5.78 Å². The number of carboxylic acids is 1. The SMILES string of the molecule is CC(=O)c1cc2ccc(Br)cc2[nH]1.NC1CCOC1.Nc1ccccc1Cl.O=C(O)c1cc2ccc(Br)cc2s1. The highest BCUT2D eigenvalue weighted by molar-refractivity contribution is 9.10. The van der Waals surface area contributed by atoms with Crippen molar-refractivity contribution in [2.24, 2.45) is 5.73 Å². The molecule has 2 aromatic heterocycles. The van der Waals surface area contributed by atoms with Crippen molar-refractivity contribution in [3.63, 3.8) is 0 Å². The van der Waals surface area contributed by atoms with Crippen molar-refractivity contribution in [1.82, 2.24) is 4.98 Å². The standard InChI is InChI=1S/C10H8BrNO.C9H5BrO2S.C6H6ClN.C4H9NO/c1-6(13)9-4-7-2-3-8(11)5-10(7)12-9;10-6-2-1-5-3-8(9(11)12)13-7(5)4-6;7-5-3-1-2-4-6(5)8;5-4-1-2-6-3-4/h2-5,12H,1H3;1-4H,(H,11,12);1-4H,8H2;4H,1-3,5H2. The first kappa shape index (κ1) is 31.8. The molecule has 0 spiro atoms. The van der Waals surface area contributed by atoms with Crippen molar-refractivity contribution in [3.05, 3.63) is 97.3 Å². The third-order valence-corrected chi connectivity index (χ3v) is 7.94. The normalized spacial score (nSPS) is 13.9. The van der Waals surface area contributed by atoms with Crippen LogP contribution in [0.25, 0.3) is 21.0 Å². The number of thiophene rings is 1. The van der Waals surface area contributed by atoms with E-state index in [1.807, 2.05) is 54.6 Å². The zero-order valence-electron chi connectivity index (χ0n) is 21.5. The number of aromatic amines is 1. The third kappa shape index (κ3) is 9.72. The maximum absolute atomic E-state index is 11.1. The van der Waals surface area contributed by atoms with Crippen LogP contribution < -0.4 is 11.5 Å². The lowest BCUT2D eigenvalue weighted by atomic mass is 10.2. The molecule has 5 aromatic rings. The first-order valence-electron chi connectivity index (χ1n) is 12.1. The summed E-state index contributed by atoms with van der Waals surface area (Å²) < 4.78 is 7.91. The fraction of sp³-hybridized carbons (Fsp3) is 0.172. The van der Waals surface area contributed by atoms with Crippen molar-refractivity contribution in [2.45, 2.75) is 19.4 Å². The van der Waals surface area contributed by atoms with E-state index in [1.165, 1.54) is 11.3 Å². The smallest absolute Gasteiger partial charge is 0.345 e. The number of hydrogen-bond acceptors (Lipinski definition) is 6. The van der Waals surface area contributed by atoms with Crippen LogP contribution in [0.2, 0.25) is 5.02 Å². The van der Waals surface area contributed by atoms with Gasteiger partial charge in [0.05, 0.1) is 23.0 Å². The molecule has 1 atom stereocenters. The molecule has 1 aliphatic heterocycles. The summed E-state index contributed by atoms with van der Waals surface area (Å²) in [5, 5.41) is 11.4. The van der Waals surface area contributed by atoms with Gasteiger partial charge in [0.2, 0.25) is 0 Å². The number of aromatic carboxylic acids is 1. The number of halogens is 3. The number of aromatic nitrogens is 1. The number of anilines is 1. The maximum atomic E-state index is 11.1. The van der Waals surface area contributed by atoms with Crippen LogP contribution in [-0.2, 0) is 4.74 Å². The van der Waals surface area contributed by atoms with Gasteiger partial charge in [-0.1, -0.05) is 67.7 Å². The van der Waals surface area contributed by atoms with Gasteiger partial charge in [-0.05, 0) is 60.3 Å². The number of ketones is 1. The van der Waals surface area contributed by atoms with Crippen LogP contribution in [0.5, 0.6) is 0 Å². The minimum Gasteiger partial charge on any atom is -0.477 e. The first-order chi connectivity index (χ1) is 19.0. The summed E-state index contributed by atoms with van der Waals surface area (Å²) >= 11 is 13.6. The van der Waals surface area contributed by atoms with Gasteiger partial charge in [-0.15, -0.1) is 11.3 Å². The van der Waals surface area contributed by atoms with Gasteiger partial charge in [0.25, 0.3) is 0 Å². The number of carbonyl (C=O) groups is 2. The van der Waals surface area contributed by atoms with E-state index in [0.717, 1.165) is 49.6 Å².